The zero-order valence-corrected chi connectivity index (χ0v) is 10.9. The van der Waals surface area contributed by atoms with Crippen molar-refractivity contribution in [3.63, 3.8) is 0 Å². The minimum Gasteiger partial charge on any atom is -0.496 e. The first-order valence-corrected chi connectivity index (χ1v) is 6.88. The molecule has 0 bridgehead atoms. The van der Waals surface area contributed by atoms with Crippen LogP contribution in [0.2, 0.25) is 0 Å². The summed E-state index contributed by atoms with van der Waals surface area (Å²) in [7, 11) is 1.71. The first-order valence-electron chi connectivity index (χ1n) is 5.73. The molecule has 0 saturated carbocycles. The van der Waals surface area contributed by atoms with Gasteiger partial charge in [0.15, 0.2) is 0 Å². The van der Waals surface area contributed by atoms with Crippen molar-refractivity contribution >= 4 is 11.8 Å². The number of benzene rings is 1. The van der Waals surface area contributed by atoms with Crippen molar-refractivity contribution in [3.05, 3.63) is 29.8 Å². The van der Waals surface area contributed by atoms with Crippen LogP contribution in [-0.4, -0.2) is 24.7 Å². The van der Waals surface area contributed by atoms with Gasteiger partial charge in [-0.05, 0) is 36.0 Å². The standard InChI is InChI=1S/C13H21NOS/c1-3-16-9-8-12(14)10-11-6-4-5-7-13(11)15-2/h4-7,12H,3,8-10,14H2,1-2H3. The Kier molecular flexibility index (Phi) is 6.34. The molecule has 1 aromatic rings. The van der Waals surface area contributed by atoms with E-state index in [1.807, 2.05) is 30.0 Å². The van der Waals surface area contributed by atoms with Gasteiger partial charge in [-0.15, -0.1) is 0 Å². The molecule has 1 unspecified atom stereocenters. The maximum atomic E-state index is 6.10. The lowest BCUT2D eigenvalue weighted by Gasteiger charge is -2.13. The van der Waals surface area contributed by atoms with Crippen LogP contribution in [0, 0.1) is 0 Å². The van der Waals surface area contributed by atoms with Crippen LogP contribution in [0.4, 0.5) is 0 Å². The summed E-state index contributed by atoms with van der Waals surface area (Å²) in [5.74, 6) is 3.26. The summed E-state index contributed by atoms with van der Waals surface area (Å²) in [5, 5.41) is 0. The molecule has 0 aliphatic rings. The molecule has 0 aliphatic heterocycles. The second-order valence-corrected chi connectivity index (χ2v) is 5.16. The van der Waals surface area contributed by atoms with Crippen LogP contribution in [0.15, 0.2) is 24.3 Å². The predicted molar refractivity (Wildman–Crippen MR) is 72.3 cm³/mol. The van der Waals surface area contributed by atoms with Crippen molar-refractivity contribution in [2.75, 3.05) is 18.6 Å². The third kappa shape index (κ3) is 4.45. The highest BCUT2D eigenvalue weighted by Crippen LogP contribution is 2.19. The Morgan fingerprint density at radius 1 is 1.38 bits per heavy atom. The van der Waals surface area contributed by atoms with E-state index in [9.17, 15) is 0 Å². The number of methoxy groups -OCH3 is 1. The average Bonchev–Trinajstić information content (AvgIpc) is 2.30. The maximum Gasteiger partial charge on any atom is 0.122 e. The van der Waals surface area contributed by atoms with Crippen LogP contribution in [0.1, 0.15) is 18.9 Å². The van der Waals surface area contributed by atoms with Crippen LogP contribution in [0.5, 0.6) is 5.75 Å². The molecule has 90 valence electrons. The average molecular weight is 239 g/mol. The Hall–Kier alpha value is -0.670. The van der Waals surface area contributed by atoms with Crippen LogP contribution in [0.25, 0.3) is 0 Å². The topological polar surface area (TPSA) is 35.2 Å². The molecule has 1 rings (SSSR count). The van der Waals surface area contributed by atoms with Crippen molar-refractivity contribution in [2.45, 2.75) is 25.8 Å². The van der Waals surface area contributed by atoms with Gasteiger partial charge in [0.05, 0.1) is 7.11 Å². The van der Waals surface area contributed by atoms with E-state index in [0.29, 0.717) is 0 Å². The Bertz CT molecular complexity index is 304. The zero-order chi connectivity index (χ0) is 11.8. The van der Waals surface area contributed by atoms with Gasteiger partial charge in [-0.2, -0.15) is 11.8 Å². The van der Waals surface area contributed by atoms with Gasteiger partial charge in [-0.1, -0.05) is 25.1 Å². The minimum atomic E-state index is 0.232. The summed E-state index contributed by atoms with van der Waals surface area (Å²) in [5.41, 5.74) is 7.31. The molecule has 0 aromatic heterocycles. The number of thioether (sulfide) groups is 1. The smallest absolute Gasteiger partial charge is 0.122 e. The highest BCUT2D eigenvalue weighted by molar-refractivity contribution is 7.99. The van der Waals surface area contributed by atoms with Crippen molar-refractivity contribution in [3.8, 4) is 5.75 Å². The molecule has 0 spiro atoms. The van der Waals surface area contributed by atoms with E-state index in [4.69, 9.17) is 10.5 Å². The van der Waals surface area contributed by atoms with Crippen molar-refractivity contribution < 1.29 is 4.74 Å². The summed E-state index contributed by atoms with van der Waals surface area (Å²) >= 11 is 1.95. The van der Waals surface area contributed by atoms with Gasteiger partial charge in [-0.25, -0.2) is 0 Å². The third-order valence-corrected chi connectivity index (χ3v) is 3.44. The molecule has 2 nitrogen and oxygen atoms in total. The largest absolute Gasteiger partial charge is 0.496 e. The van der Waals surface area contributed by atoms with Gasteiger partial charge >= 0.3 is 0 Å². The fraction of sp³-hybridized carbons (Fsp3) is 0.538. The second-order valence-electron chi connectivity index (χ2n) is 3.76. The molecular formula is C13H21NOS. The van der Waals surface area contributed by atoms with E-state index in [2.05, 4.69) is 13.0 Å². The molecule has 2 N–H and O–H groups in total. The second kappa shape index (κ2) is 7.58. The van der Waals surface area contributed by atoms with E-state index in [1.54, 1.807) is 7.11 Å². The fourth-order valence-corrected chi connectivity index (χ4v) is 2.39. The molecule has 0 amide bonds. The highest BCUT2D eigenvalue weighted by Gasteiger charge is 2.07. The Balaban J connectivity index is 2.45. The number of hydrogen-bond donors (Lipinski definition) is 1. The number of nitrogens with two attached hydrogens (primary N) is 1. The first-order chi connectivity index (χ1) is 7.77. The molecule has 0 saturated heterocycles. The minimum absolute atomic E-state index is 0.232. The monoisotopic (exact) mass is 239 g/mol. The molecule has 1 aromatic carbocycles. The van der Waals surface area contributed by atoms with Crippen molar-refractivity contribution in [1.29, 1.82) is 0 Å². The van der Waals surface area contributed by atoms with Gasteiger partial charge in [0.1, 0.15) is 5.75 Å². The van der Waals surface area contributed by atoms with Crippen LogP contribution < -0.4 is 10.5 Å². The molecular weight excluding hydrogens is 218 g/mol. The van der Waals surface area contributed by atoms with Crippen LogP contribution in [-0.2, 0) is 6.42 Å². The molecule has 0 aliphatic carbocycles. The third-order valence-electron chi connectivity index (χ3n) is 2.51. The first kappa shape index (κ1) is 13.4. The quantitative estimate of drug-likeness (QED) is 0.743. The fourth-order valence-electron chi connectivity index (χ4n) is 1.64. The highest BCUT2D eigenvalue weighted by atomic mass is 32.2. The number of rotatable bonds is 7. The summed E-state index contributed by atoms with van der Waals surface area (Å²) in [6, 6.07) is 8.33. The van der Waals surface area contributed by atoms with Gasteiger partial charge in [0.25, 0.3) is 0 Å². The van der Waals surface area contributed by atoms with E-state index < -0.39 is 0 Å². The SMILES string of the molecule is CCSCCC(N)Cc1ccccc1OC. The van der Waals surface area contributed by atoms with Gasteiger partial charge < -0.3 is 10.5 Å². The number of para-hydroxylation sites is 1. The lowest BCUT2D eigenvalue weighted by molar-refractivity contribution is 0.407. The normalized spacial score (nSPS) is 12.4. The maximum absolute atomic E-state index is 6.10. The number of ether oxygens (including phenoxy) is 1. The summed E-state index contributed by atoms with van der Waals surface area (Å²) in [4.78, 5) is 0. The Morgan fingerprint density at radius 3 is 2.81 bits per heavy atom. The predicted octanol–water partition coefficient (Wildman–Crippen LogP) is 2.71. The van der Waals surface area contributed by atoms with E-state index >= 15 is 0 Å². The molecule has 0 fully saturated rings. The van der Waals surface area contributed by atoms with Gasteiger partial charge in [-0.3, -0.25) is 0 Å². The summed E-state index contributed by atoms with van der Waals surface area (Å²) in [6.07, 6.45) is 1.96. The van der Waals surface area contributed by atoms with E-state index in [0.717, 1.165) is 24.3 Å². The van der Waals surface area contributed by atoms with E-state index in [1.165, 1.54) is 11.3 Å². The summed E-state index contributed by atoms with van der Waals surface area (Å²) < 4.78 is 5.31. The molecule has 16 heavy (non-hydrogen) atoms. The Morgan fingerprint density at radius 2 is 2.12 bits per heavy atom. The molecule has 1 atom stereocenters. The lowest BCUT2D eigenvalue weighted by atomic mass is 10.0. The van der Waals surface area contributed by atoms with Crippen molar-refractivity contribution in [1.82, 2.24) is 0 Å². The number of hydrogen-bond acceptors (Lipinski definition) is 3. The Labute approximate surface area is 103 Å². The van der Waals surface area contributed by atoms with E-state index in [-0.39, 0.29) is 6.04 Å². The van der Waals surface area contributed by atoms with Gasteiger partial charge in [0.2, 0.25) is 0 Å². The lowest BCUT2D eigenvalue weighted by Crippen LogP contribution is -2.23. The van der Waals surface area contributed by atoms with Crippen molar-refractivity contribution in [2.24, 2.45) is 5.73 Å². The van der Waals surface area contributed by atoms with Crippen LogP contribution >= 0.6 is 11.8 Å². The van der Waals surface area contributed by atoms with Crippen LogP contribution in [0.3, 0.4) is 0 Å². The summed E-state index contributed by atoms with van der Waals surface area (Å²) in [6.45, 7) is 2.18. The molecule has 0 radical (unpaired) electrons. The van der Waals surface area contributed by atoms with Gasteiger partial charge in [0, 0.05) is 6.04 Å². The molecule has 3 heteroatoms. The molecule has 0 heterocycles. The zero-order valence-electron chi connectivity index (χ0n) is 10.1.